The van der Waals surface area contributed by atoms with E-state index in [1.54, 1.807) is 60.9 Å². The van der Waals surface area contributed by atoms with Crippen LogP contribution in [0.3, 0.4) is 0 Å². The van der Waals surface area contributed by atoms with Gasteiger partial charge in [-0.1, -0.05) is 24.3 Å². The molecule has 0 saturated heterocycles. The molecule has 3 aromatic rings. The van der Waals surface area contributed by atoms with E-state index in [0.29, 0.717) is 22.8 Å². The zero-order chi connectivity index (χ0) is 17.6. The van der Waals surface area contributed by atoms with Crippen LogP contribution in [0.5, 0.6) is 0 Å². The molecule has 0 fully saturated rings. The highest BCUT2D eigenvalue weighted by molar-refractivity contribution is 5.71. The fourth-order valence-corrected chi connectivity index (χ4v) is 1.40. The number of para-hydroxylation sites is 2. The Labute approximate surface area is 140 Å². The van der Waals surface area contributed by atoms with Gasteiger partial charge in [0, 0.05) is 12.4 Å². The highest BCUT2D eigenvalue weighted by Gasteiger charge is 1.85. The molecule has 0 bridgehead atoms. The predicted octanol–water partition coefficient (Wildman–Crippen LogP) is 2.64. The monoisotopic (exact) mass is 322 g/mol. The first kappa shape index (κ1) is 18.5. The van der Waals surface area contributed by atoms with Crippen LogP contribution in [0.15, 0.2) is 73.1 Å². The summed E-state index contributed by atoms with van der Waals surface area (Å²) in [5, 5.41) is 0. The summed E-state index contributed by atoms with van der Waals surface area (Å²) >= 11 is 0. The first-order valence-electron chi connectivity index (χ1n) is 6.99. The molecule has 2 aromatic heterocycles. The minimum absolute atomic E-state index is 0.479. The quantitative estimate of drug-likeness (QED) is 0.554. The van der Waals surface area contributed by atoms with Gasteiger partial charge in [0.15, 0.2) is 12.6 Å². The SMILES string of the molecule is Nc1ccccc1N.O=Cc1ccccn1.O=Cc1ccccn1. The number of nitrogens with two attached hydrogens (primary N) is 2. The molecule has 0 aliphatic heterocycles. The maximum absolute atomic E-state index is 9.94. The zero-order valence-electron chi connectivity index (χ0n) is 12.9. The Morgan fingerprint density at radius 3 is 1.21 bits per heavy atom. The van der Waals surface area contributed by atoms with E-state index in [2.05, 4.69) is 9.97 Å². The summed E-state index contributed by atoms with van der Waals surface area (Å²) in [5.74, 6) is 0. The van der Waals surface area contributed by atoms with Crippen LogP contribution in [-0.4, -0.2) is 22.5 Å². The van der Waals surface area contributed by atoms with Gasteiger partial charge in [0.25, 0.3) is 0 Å². The maximum atomic E-state index is 9.94. The summed E-state index contributed by atoms with van der Waals surface area (Å²) in [5.41, 5.74) is 13.0. The molecule has 6 nitrogen and oxygen atoms in total. The standard InChI is InChI=1S/C6H8N2.2C6H5NO/c7-5-3-1-2-4-6(5)8;2*8-5-6-3-1-2-4-7-6/h1-4H,7-8H2;2*1-5H. The van der Waals surface area contributed by atoms with Crippen molar-refractivity contribution in [3.05, 3.63) is 84.4 Å². The number of aldehydes is 2. The molecule has 0 unspecified atom stereocenters. The van der Waals surface area contributed by atoms with Gasteiger partial charge >= 0.3 is 0 Å². The minimum atomic E-state index is 0.479. The van der Waals surface area contributed by atoms with Crippen molar-refractivity contribution in [2.75, 3.05) is 11.5 Å². The zero-order valence-corrected chi connectivity index (χ0v) is 12.9. The van der Waals surface area contributed by atoms with Crippen LogP contribution in [0.25, 0.3) is 0 Å². The summed E-state index contributed by atoms with van der Waals surface area (Å²) in [6, 6.07) is 17.7. The Morgan fingerprint density at radius 1 is 0.625 bits per heavy atom. The summed E-state index contributed by atoms with van der Waals surface area (Å²) in [6.07, 6.45) is 4.62. The maximum Gasteiger partial charge on any atom is 0.168 e. The number of pyridine rings is 2. The number of anilines is 2. The molecule has 0 aliphatic rings. The summed E-state index contributed by atoms with van der Waals surface area (Å²) in [7, 11) is 0. The molecule has 0 amide bonds. The smallest absolute Gasteiger partial charge is 0.168 e. The van der Waals surface area contributed by atoms with Crippen LogP contribution < -0.4 is 11.5 Å². The number of benzene rings is 1. The normalized spacial score (nSPS) is 8.67. The third kappa shape index (κ3) is 7.46. The van der Waals surface area contributed by atoms with Crippen molar-refractivity contribution < 1.29 is 9.59 Å². The molecular weight excluding hydrogens is 304 g/mol. The lowest BCUT2D eigenvalue weighted by atomic mass is 10.3. The topological polar surface area (TPSA) is 112 Å². The largest absolute Gasteiger partial charge is 0.397 e. The van der Waals surface area contributed by atoms with Gasteiger partial charge < -0.3 is 11.5 Å². The fraction of sp³-hybridized carbons (Fsp3) is 0. The third-order valence-corrected chi connectivity index (χ3v) is 2.61. The van der Waals surface area contributed by atoms with Gasteiger partial charge in [-0.2, -0.15) is 0 Å². The predicted molar refractivity (Wildman–Crippen MR) is 94.5 cm³/mol. The number of nitrogen functional groups attached to an aromatic ring is 2. The lowest BCUT2D eigenvalue weighted by Gasteiger charge is -1.94. The van der Waals surface area contributed by atoms with E-state index in [-0.39, 0.29) is 0 Å². The molecule has 3 rings (SSSR count). The van der Waals surface area contributed by atoms with Crippen LogP contribution in [0.2, 0.25) is 0 Å². The second-order valence-corrected chi connectivity index (χ2v) is 4.37. The van der Waals surface area contributed by atoms with E-state index in [1.807, 2.05) is 12.1 Å². The van der Waals surface area contributed by atoms with E-state index >= 15 is 0 Å². The van der Waals surface area contributed by atoms with Crippen molar-refractivity contribution in [2.45, 2.75) is 0 Å². The number of carbonyl (C=O) groups excluding carboxylic acids is 2. The second-order valence-electron chi connectivity index (χ2n) is 4.37. The van der Waals surface area contributed by atoms with E-state index in [4.69, 9.17) is 11.5 Å². The van der Waals surface area contributed by atoms with Gasteiger partial charge in [0.1, 0.15) is 11.4 Å². The van der Waals surface area contributed by atoms with Crippen LogP contribution >= 0.6 is 0 Å². The van der Waals surface area contributed by atoms with Crippen molar-refractivity contribution in [1.82, 2.24) is 9.97 Å². The molecule has 0 aliphatic carbocycles. The Balaban J connectivity index is 0.000000180. The number of rotatable bonds is 2. The van der Waals surface area contributed by atoms with Gasteiger partial charge in [-0.05, 0) is 36.4 Å². The van der Waals surface area contributed by atoms with E-state index in [0.717, 1.165) is 12.6 Å². The second kappa shape index (κ2) is 11.1. The van der Waals surface area contributed by atoms with Crippen molar-refractivity contribution in [3.63, 3.8) is 0 Å². The highest BCUT2D eigenvalue weighted by Crippen LogP contribution is 2.10. The van der Waals surface area contributed by atoms with Crippen molar-refractivity contribution in [1.29, 1.82) is 0 Å². The Morgan fingerprint density at radius 2 is 1.00 bits per heavy atom. The number of carbonyl (C=O) groups is 2. The number of aromatic nitrogens is 2. The summed E-state index contributed by atoms with van der Waals surface area (Å²) in [4.78, 5) is 27.3. The summed E-state index contributed by atoms with van der Waals surface area (Å²) < 4.78 is 0. The minimum Gasteiger partial charge on any atom is -0.397 e. The molecule has 0 saturated carbocycles. The summed E-state index contributed by atoms with van der Waals surface area (Å²) in [6.45, 7) is 0. The Hall–Kier alpha value is -3.54. The van der Waals surface area contributed by atoms with E-state index < -0.39 is 0 Å². The molecule has 1 aromatic carbocycles. The molecule has 2 heterocycles. The average Bonchev–Trinajstić information content (AvgIpc) is 2.66. The van der Waals surface area contributed by atoms with Gasteiger partial charge in [0.05, 0.1) is 11.4 Å². The van der Waals surface area contributed by atoms with Crippen LogP contribution in [0.1, 0.15) is 21.0 Å². The molecule has 4 N–H and O–H groups in total. The van der Waals surface area contributed by atoms with Crippen LogP contribution in [0.4, 0.5) is 11.4 Å². The highest BCUT2D eigenvalue weighted by atomic mass is 16.1. The third-order valence-electron chi connectivity index (χ3n) is 2.61. The molecule has 0 radical (unpaired) electrons. The lowest BCUT2D eigenvalue weighted by molar-refractivity contribution is 0.111. The number of hydrogen-bond donors (Lipinski definition) is 2. The van der Waals surface area contributed by atoms with Crippen molar-refractivity contribution in [3.8, 4) is 0 Å². The molecule has 6 heteroatoms. The van der Waals surface area contributed by atoms with E-state index in [1.165, 1.54) is 0 Å². The molecule has 0 spiro atoms. The van der Waals surface area contributed by atoms with Crippen LogP contribution in [0, 0.1) is 0 Å². The van der Waals surface area contributed by atoms with Gasteiger partial charge in [0.2, 0.25) is 0 Å². The van der Waals surface area contributed by atoms with Crippen LogP contribution in [-0.2, 0) is 0 Å². The van der Waals surface area contributed by atoms with Crippen molar-refractivity contribution in [2.24, 2.45) is 0 Å². The van der Waals surface area contributed by atoms with Crippen molar-refractivity contribution >= 4 is 23.9 Å². The average molecular weight is 322 g/mol. The van der Waals surface area contributed by atoms with E-state index in [9.17, 15) is 9.59 Å². The van der Waals surface area contributed by atoms with Gasteiger partial charge in [-0.25, -0.2) is 0 Å². The first-order valence-corrected chi connectivity index (χ1v) is 6.99. The van der Waals surface area contributed by atoms with Gasteiger partial charge in [-0.15, -0.1) is 0 Å². The molecular formula is C18H18N4O2. The molecule has 122 valence electrons. The first-order chi connectivity index (χ1) is 11.7. The Kier molecular flexibility index (Phi) is 8.55. The number of hydrogen-bond acceptors (Lipinski definition) is 6. The lowest BCUT2D eigenvalue weighted by Crippen LogP contribution is -1.91. The number of nitrogens with zero attached hydrogens (tertiary/aromatic N) is 2. The molecule has 0 atom stereocenters. The van der Waals surface area contributed by atoms with Gasteiger partial charge in [-0.3, -0.25) is 19.6 Å². The molecule has 24 heavy (non-hydrogen) atoms. The fourth-order valence-electron chi connectivity index (χ4n) is 1.40. The Bertz CT molecular complexity index is 670.